The lowest BCUT2D eigenvalue weighted by molar-refractivity contribution is -0.136. The third-order valence-corrected chi connectivity index (χ3v) is 4.72. The Kier molecular flexibility index (Phi) is 21.4. The van der Waals surface area contributed by atoms with Crippen molar-refractivity contribution in [1.82, 2.24) is 10.6 Å². The zero-order chi connectivity index (χ0) is 21.4. The normalized spacial score (nSPS) is 11.5. The molecule has 3 N–H and O–H groups in total. The minimum Gasteiger partial charge on any atom is -0.481 e. The number of carbonyl (C=O) groups is 2. The van der Waals surface area contributed by atoms with Gasteiger partial charge in [0.1, 0.15) is 0 Å². The second kappa shape index (κ2) is 22.7. The molecule has 0 saturated heterocycles. The van der Waals surface area contributed by atoms with Gasteiger partial charge in [-0.3, -0.25) is 9.59 Å². The fourth-order valence-electron chi connectivity index (χ4n) is 2.95. The molecule has 0 atom stereocenters. The van der Waals surface area contributed by atoms with Crippen LogP contribution in [0.15, 0.2) is 24.3 Å². The monoisotopic (exact) mass is 408 g/mol. The molecule has 168 valence electrons. The smallest absolute Gasteiger partial charge is 0.304 e. The van der Waals surface area contributed by atoms with Crippen molar-refractivity contribution < 1.29 is 14.7 Å². The molecule has 1 amide bonds. The fraction of sp³-hybridized carbons (Fsp3) is 0.750. The van der Waals surface area contributed by atoms with Gasteiger partial charge in [0.25, 0.3) is 0 Å². The van der Waals surface area contributed by atoms with E-state index in [0.717, 1.165) is 38.6 Å². The van der Waals surface area contributed by atoms with Gasteiger partial charge in [-0.1, -0.05) is 63.3 Å². The Hall–Kier alpha value is -1.62. The van der Waals surface area contributed by atoms with Gasteiger partial charge in [0.05, 0.1) is 6.42 Å². The molecule has 0 aliphatic carbocycles. The van der Waals surface area contributed by atoms with Gasteiger partial charge in [0.15, 0.2) is 0 Å². The molecule has 0 saturated carbocycles. The molecular formula is C24H44N2O3. The summed E-state index contributed by atoms with van der Waals surface area (Å²) in [6.45, 7) is 4.10. The van der Waals surface area contributed by atoms with Crippen LogP contribution in [0, 0.1) is 0 Å². The van der Waals surface area contributed by atoms with Crippen LogP contribution in [0.25, 0.3) is 0 Å². The highest BCUT2D eigenvalue weighted by atomic mass is 16.4. The Morgan fingerprint density at radius 1 is 0.724 bits per heavy atom. The zero-order valence-electron chi connectivity index (χ0n) is 18.6. The van der Waals surface area contributed by atoms with Gasteiger partial charge in [-0.15, -0.1) is 0 Å². The summed E-state index contributed by atoms with van der Waals surface area (Å²) < 4.78 is 0. The van der Waals surface area contributed by atoms with Crippen LogP contribution in [0.4, 0.5) is 0 Å². The van der Waals surface area contributed by atoms with Crippen LogP contribution in [0.2, 0.25) is 0 Å². The van der Waals surface area contributed by atoms with E-state index < -0.39 is 5.97 Å². The van der Waals surface area contributed by atoms with E-state index in [4.69, 9.17) is 5.11 Å². The molecular weight excluding hydrogens is 364 g/mol. The van der Waals surface area contributed by atoms with Crippen LogP contribution in [0.5, 0.6) is 0 Å². The number of unbranched alkanes of at least 4 members (excludes halogenated alkanes) is 8. The molecule has 0 fully saturated rings. The van der Waals surface area contributed by atoms with Crippen LogP contribution in [-0.4, -0.2) is 36.6 Å². The van der Waals surface area contributed by atoms with Gasteiger partial charge < -0.3 is 15.7 Å². The predicted octanol–water partition coefficient (Wildman–Crippen LogP) is 5.37. The van der Waals surface area contributed by atoms with Crippen LogP contribution in [0.1, 0.15) is 96.8 Å². The fourth-order valence-corrected chi connectivity index (χ4v) is 2.95. The topological polar surface area (TPSA) is 78.4 Å². The van der Waals surface area contributed by atoms with E-state index in [1.807, 2.05) is 0 Å². The highest BCUT2D eigenvalue weighted by Gasteiger charge is 2.00. The average molecular weight is 409 g/mol. The van der Waals surface area contributed by atoms with Crippen LogP contribution >= 0.6 is 0 Å². The van der Waals surface area contributed by atoms with Gasteiger partial charge >= 0.3 is 5.97 Å². The van der Waals surface area contributed by atoms with E-state index in [0.29, 0.717) is 19.5 Å². The number of nitrogens with one attached hydrogen (secondary N) is 2. The van der Waals surface area contributed by atoms with E-state index in [9.17, 15) is 9.59 Å². The molecule has 5 nitrogen and oxygen atoms in total. The first-order valence-corrected chi connectivity index (χ1v) is 11.7. The molecule has 0 aromatic carbocycles. The number of amides is 1. The number of rotatable bonds is 21. The summed E-state index contributed by atoms with van der Waals surface area (Å²) in [6, 6.07) is 0. The van der Waals surface area contributed by atoms with Crippen molar-refractivity contribution in [2.24, 2.45) is 0 Å². The minimum absolute atomic E-state index is 0.126. The Balaban J connectivity index is 3.28. The molecule has 0 unspecified atom stereocenters. The van der Waals surface area contributed by atoms with E-state index >= 15 is 0 Å². The summed E-state index contributed by atoms with van der Waals surface area (Å²) in [4.78, 5) is 22.1. The molecule has 0 rings (SSSR count). The van der Waals surface area contributed by atoms with Crippen molar-refractivity contribution in [2.75, 3.05) is 19.6 Å². The molecule has 0 spiro atoms. The number of allylic oxidation sites excluding steroid dienone is 4. The Bertz CT molecular complexity index is 447. The predicted molar refractivity (Wildman–Crippen MR) is 122 cm³/mol. The molecule has 0 aromatic heterocycles. The highest BCUT2D eigenvalue weighted by Crippen LogP contribution is 2.08. The Morgan fingerprint density at radius 2 is 1.38 bits per heavy atom. The van der Waals surface area contributed by atoms with E-state index in [-0.39, 0.29) is 12.3 Å². The van der Waals surface area contributed by atoms with Crippen LogP contribution < -0.4 is 10.6 Å². The summed E-state index contributed by atoms with van der Waals surface area (Å²) >= 11 is 0. The van der Waals surface area contributed by atoms with Crippen molar-refractivity contribution in [2.45, 2.75) is 96.8 Å². The van der Waals surface area contributed by atoms with Gasteiger partial charge in [-0.25, -0.2) is 0 Å². The van der Waals surface area contributed by atoms with Crippen LogP contribution in [-0.2, 0) is 9.59 Å². The third kappa shape index (κ3) is 24.3. The number of hydrogen-bond donors (Lipinski definition) is 3. The summed E-state index contributed by atoms with van der Waals surface area (Å²) in [5, 5.41) is 14.5. The number of aliphatic carboxylic acids is 1. The van der Waals surface area contributed by atoms with Crippen molar-refractivity contribution in [1.29, 1.82) is 0 Å². The summed E-state index contributed by atoms with van der Waals surface area (Å²) in [5.41, 5.74) is 0. The first-order valence-electron chi connectivity index (χ1n) is 11.7. The van der Waals surface area contributed by atoms with Crippen molar-refractivity contribution in [3.05, 3.63) is 24.3 Å². The Labute approximate surface area is 178 Å². The first-order chi connectivity index (χ1) is 14.2. The minimum atomic E-state index is -0.789. The van der Waals surface area contributed by atoms with Crippen molar-refractivity contribution in [3.63, 3.8) is 0 Å². The molecule has 5 heteroatoms. The molecule has 0 heterocycles. The van der Waals surface area contributed by atoms with Gasteiger partial charge in [0.2, 0.25) is 5.91 Å². The Morgan fingerprint density at radius 3 is 2.07 bits per heavy atom. The lowest BCUT2D eigenvalue weighted by Gasteiger charge is -2.06. The molecule has 0 aromatic rings. The van der Waals surface area contributed by atoms with Crippen molar-refractivity contribution >= 4 is 11.9 Å². The van der Waals surface area contributed by atoms with E-state index in [1.165, 1.54) is 44.9 Å². The molecule has 0 bridgehead atoms. The lowest BCUT2D eigenvalue weighted by Crippen LogP contribution is -2.27. The quantitative estimate of drug-likeness (QED) is 0.176. The number of hydrogen-bond acceptors (Lipinski definition) is 3. The second-order valence-electron chi connectivity index (χ2n) is 7.58. The molecule has 0 aliphatic heterocycles. The third-order valence-electron chi connectivity index (χ3n) is 4.72. The van der Waals surface area contributed by atoms with Crippen molar-refractivity contribution in [3.8, 4) is 0 Å². The SMILES string of the molecule is CCCCCC=CCC=CCCCCCCCC(=O)NCCCNCCC(=O)O. The number of carboxylic acid groups (broad SMARTS) is 1. The van der Waals surface area contributed by atoms with Gasteiger partial charge in [-0.05, 0) is 51.5 Å². The molecule has 0 radical (unpaired) electrons. The summed E-state index contributed by atoms with van der Waals surface area (Å²) in [5.74, 6) is -0.663. The lowest BCUT2D eigenvalue weighted by atomic mass is 10.1. The summed E-state index contributed by atoms with van der Waals surface area (Å²) in [6.07, 6.45) is 23.8. The maximum Gasteiger partial charge on any atom is 0.304 e. The number of carboxylic acids is 1. The molecule has 0 aliphatic rings. The maximum absolute atomic E-state index is 11.7. The maximum atomic E-state index is 11.7. The van der Waals surface area contributed by atoms with E-state index in [1.54, 1.807) is 0 Å². The second-order valence-corrected chi connectivity index (χ2v) is 7.58. The number of carbonyl (C=O) groups excluding carboxylic acids is 1. The molecule has 29 heavy (non-hydrogen) atoms. The van der Waals surface area contributed by atoms with Gasteiger partial charge in [0, 0.05) is 19.5 Å². The highest BCUT2D eigenvalue weighted by molar-refractivity contribution is 5.75. The summed E-state index contributed by atoms with van der Waals surface area (Å²) in [7, 11) is 0. The van der Waals surface area contributed by atoms with Gasteiger partial charge in [-0.2, -0.15) is 0 Å². The van der Waals surface area contributed by atoms with E-state index in [2.05, 4.69) is 41.9 Å². The van der Waals surface area contributed by atoms with Crippen LogP contribution in [0.3, 0.4) is 0 Å². The standard InChI is InChI=1S/C24H44N2O3/c1-2-3-4-5-6-7-8-9-10-11-12-13-14-15-16-18-23(27)26-21-17-20-25-22-19-24(28)29/h6-7,9-10,25H,2-5,8,11-22H2,1H3,(H,26,27)(H,28,29). The first kappa shape index (κ1) is 27.4. The zero-order valence-corrected chi connectivity index (χ0v) is 18.6. The average Bonchev–Trinajstić information content (AvgIpc) is 2.70. The largest absolute Gasteiger partial charge is 0.481 e.